The molecule has 0 aliphatic heterocycles. The fourth-order valence-corrected chi connectivity index (χ4v) is 2.43. The van der Waals surface area contributed by atoms with E-state index in [0.717, 1.165) is 5.56 Å². The Morgan fingerprint density at radius 3 is 1.71 bits per heavy atom. The third-order valence-electron chi connectivity index (χ3n) is 4.19. The number of esters is 2. The minimum atomic E-state index is -1.27. The molecule has 0 spiro atoms. The quantitative estimate of drug-likeness (QED) is 0.557. The minimum absolute atomic E-state index is 0.100. The zero-order chi connectivity index (χ0) is 18.4. The first-order valence-corrected chi connectivity index (χ1v) is 8.59. The molecule has 0 bridgehead atoms. The zero-order valence-electron chi connectivity index (χ0n) is 15.8. The van der Waals surface area contributed by atoms with E-state index < -0.39 is 17.4 Å². The monoisotopic (exact) mass is 334 g/mol. The molecule has 0 heterocycles. The fourth-order valence-electron chi connectivity index (χ4n) is 2.43. The van der Waals surface area contributed by atoms with Gasteiger partial charge < -0.3 is 9.47 Å². The van der Waals surface area contributed by atoms with Crippen molar-refractivity contribution in [1.82, 2.24) is 0 Å². The van der Waals surface area contributed by atoms with E-state index in [1.54, 1.807) is 20.8 Å². The number of carbonyl (C=O) groups is 2. The van der Waals surface area contributed by atoms with Gasteiger partial charge in [0.25, 0.3) is 0 Å². The van der Waals surface area contributed by atoms with Gasteiger partial charge in [-0.2, -0.15) is 0 Å². The summed E-state index contributed by atoms with van der Waals surface area (Å²) >= 11 is 0. The summed E-state index contributed by atoms with van der Waals surface area (Å²) in [7, 11) is 0. The maximum absolute atomic E-state index is 12.3. The summed E-state index contributed by atoms with van der Waals surface area (Å²) in [5, 5.41) is 0. The molecule has 0 radical (unpaired) electrons. The van der Waals surface area contributed by atoms with Crippen LogP contribution in [0.3, 0.4) is 0 Å². The zero-order valence-corrected chi connectivity index (χ0v) is 15.8. The van der Waals surface area contributed by atoms with Crippen LogP contribution in [0.2, 0.25) is 0 Å². The van der Waals surface area contributed by atoms with Crippen molar-refractivity contribution in [1.29, 1.82) is 0 Å². The van der Waals surface area contributed by atoms with Crippen molar-refractivity contribution in [3.05, 3.63) is 35.4 Å². The Kier molecular flexibility index (Phi) is 7.00. The molecule has 0 amide bonds. The molecule has 0 fully saturated rings. The molecule has 0 aliphatic carbocycles. The molecule has 1 rings (SSSR count). The van der Waals surface area contributed by atoms with Crippen molar-refractivity contribution in [2.45, 2.75) is 59.8 Å². The topological polar surface area (TPSA) is 52.6 Å². The van der Waals surface area contributed by atoms with E-state index in [4.69, 9.17) is 9.47 Å². The largest absolute Gasteiger partial charge is 0.465 e. The van der Waals surface area contributed by atoms with Gasteiger partial charge in [-0.05, 0) is 50.2 Å². The van der Waals surface area contributed by atoms with Crippen LogP contribution in [0.5, 0.6) is 0 Å². The second-order valence-electron chi connectivity index (χ2n) is 7.22. The fraction of sp³-hybridized carbons (Fsp3) is 0.600. The molecule has 4 nitrogen and oxygen atoms in total. The van der Waals surface area contributed by atoms with E-state index in [2.05, 4.69) is 45.0 Å². The van der Waals surface area contributed by atoms with Crippen molar-refractivity contribution in [2.24, 2.45) is 5.41 Å². The molecule has 0 saturated carbocycles. The molecule has 0 aromatic heterocycles. The van der Waals surface area contributed by atoms with Gasteiger partial charge in [0.05, 0.1) is 13.2 Å². The van der Waals surface area contributed by atoms with E-state index in [1.807, 2.05) is 0 Å². The standard InChI is InChI=1S/C20H30O4/c1-7-23-17(21)20(6,18(22)24-8-2)14-13-15-9-11-16(12-10-15)19(3,4)5/h9-12H,7-8,13-14H2,1-6H3. The molecule has 1 aromatic rings. The highest BCUT2D eigenvalue weighted by molar-refractivity contribution is 5.99. The van der Waals surface area contributed by atoms with Gasteiger partial charge in [0.1, 0.15) is 0 Å². The summed E-state index contributed by atoms with van der Waals surface area (Å²) in [5.41, 5.74) is 1.17. The Morgan fingerprint density at radius 2 is 1.33 bits per heavy atom. The van der Waals surface area contributed by atoms with E-state index in [0.29, 0.717) is 12.8 Å². The lowest BCUT2D eigenvalue weighted by Gasteiger charge is -2.25. The van der Waals surface area contributed by atoms with Gasteiger partial charge in [0, 0.05) is 0 Å². The maximum Gasteiger partial charge on any atom is 0.323 e. The number of ether oxygens (including phenoxy) is 2. The molecule has 0 atom stereocenters. The summed E-state index contributed by atoms with van der Waals surface area (Å²) in [6.45, 7) is 12.1. The number of hydrogen-bond donors (Lipinski definition) is 0. The summed E-state index contributed by atoms with van der Waals surface area (Å²) in [6, 6.07) is 8.30. The third kappa shape index (κ3) is 5.08. The number of carbonyl (C=O) groups excluding carboxylic acids is 2. The number of benzene rings is 1. The Hall–Kier alpha value is -1.84. The van der Waals surface area contributed by atoms with Gasteiger partial charge in [0.15, 0.2) is 5.41 Å². The van der Waals surface area contributed by atoms with Crippen LogP contribution in [0.25, 0.3) is 0 Å². The number of rotatable bonds is 7. The minimum Gasteiger partial charge on any atom is -0.465 e. The first-order valence-electron chi connectivity index (χ1n) is 8.59. The highest BCUT2D eigenvalue weighted by atomic mass is 16.6. The molecule has 0 saturated heterocycles. The van der Waals surface area contributed by atoms with Gasteiger partial charge in [0.2, 0.25) is 0 Å². The Bertz CT molecular complexity index is 534. The van der Waals surface area contributed by atoms with Crippen LogP contribution < -0.4 is 0 Å². The van der Waals surface area contributed by atoms with E-state index in [-0.39, 0.29) is 18.6 Å². The van der Waals surface area contributed by atoms with E-state index in [9.17, 15) is 9.59 Å². The van der Waals surface area contributed by atoms with Crippen LogP contribution in [-0.4, -0.2) is 25.2 Å². The van der Waals surface area contributed by atoms with Crippen LogP contribution in [0.4, 0.5) is 0 Å². The molecule has 1 aromatic carbocycles. The molecule has 4 heteroatoms. The van der Waals surface area contributed by atoms with Crippen molar-refractivity contribution in [3.63, 3.8) is 0 Å². The van der Waals surface area contributed by atoms with E-state index >= 15 is 0 Å². The Balaban J connectivity index is 2.88. The van der Waals surface area contributed by atoms with E-state index in [1.165, 1.54) is 5.56 Å². The predicted octanol–water partition coefficient (Wildman–Crippen LogP) is 4.05. The Labute approximate surface area is 145 Å². The average molecular weight is 334 g/mol. The van der Waals surface area contributed by atoms with Crippen LogP contribution in [-0.2, 0) is 30.9 Å². The lowest BCUT2D eigenvalue weighted by molar-refractivity contribution is -0.171. The van der Waals surface area contributed by atoms with Gasteiger partial charge in [-0.25, -0.2) is 0 Å². The van der Waals surface area contributed by atoms with Gasteiger partial charge in [-0.3, -0.25) is 9.59 Å². The first-order chi connectivity index (χ1) is 11.1. The molecule has 134 valence electrons. The van der Waals surface area contributed by atoms with Gasteiger partial charge in [-0.15, -0.1) is 0 Å². The molecule has 0 aliphatic rings. The number of hydrogen-bond acceptors (Lipinski definition) is 4. The second kappa shape index (κ2) is 8.32. The van der Waals surface area contributed by atoms with Crippen molar-refractivity contribution < 1.29 is 19.1 Å². The van der Waals surface area contributed by atoms with Crippen molar-refractivity contribution >= 4 is 11.9 Å². The molecular formula is C20H30O4. The highest BCUT2D eigenvalue weighted by Crippen LogP contribution is 2.29. The highest BCUT2D eigenvalue weighted by Gasteiger charge is 2.43. The summed E-state index contributed by atoms with van der Waals surface area (Å²) < 4.78 is 10.2. The van der Waals surface area contributed by atoms with Crippen molar-refractivity contribution in [2.75, 3.05) is 13.2 Å². The third-order valence-corrected chi connectivity index (χ3v) is 4.19. The lowest BCUT2D eigenvalue weighted by atomic mass is 9.83. The van der Waals surface area contributed by atoms with Gasteiger partial charge >= 0.3 is 11.9 Å². The first kappa shape index (κ1) is 20.2. The smallest absolute Gasteiger partial charge is 0.323 e. The summed E-state index contributed by atoms with van der Waals surface area (Å²) in [5.74, 6) is -1.04. The second-order valence-corrected chi connectivity index (χ2v) is 7.22. The van der Waals surface area contributed by atoms with Crippen LogP contribution in [0.1, 0.15) is 59.1 Å². The van der Waals surface area contributed by atoms with Gasteiger partial charge in [-0.1, -0.05) is 45.0 Å². The van der Waals surface area contributed by atoms with Crippen LogP contribution >= 0.6 is 0 Å². The Morgan fingerprint density at radius 1 is 0.875 bits per heavy atom. The van der Waals surface area contributed by atoms with Crippen molar-refractivity contribution in [3.8, 4) is 0 Å². The number of aryl methyl sites for hydroxylation is 1. The molecule has 0 unspecified atom stereocenters. The predicted molar refractivity (Wildman–Crippen MR) is 94.8 cm³/mol. The maximum atomic E-state index is 12.3. The normalized spacial score (nSPS) is 11.9. The lowest BCUT2D eigenvalue weighted by Crippen LogP contribution is -2.40. The summed E-state index contributed by atoms with van der Waals surface area (Å²) in [6.07, 6.45) is 0.970. The molecular weight excluding hydrogens is 304 g/mol. The molecule has 0 N–H and O–H groups in total. The molecule has 24 heavy (non-hydrogen) atoms. The van der Waals surface area contributed by atoms with Crippen LogP contribution in [0.15, 0.2) is 24.3 Å². The van der Waals surface area contributed by atoms with Crippen LogP contribution in [0, 0.1) is 5.41 Å². The SMILES string of the molecule is CCOC(=O)C(C)(CCc1ccc(C(C)(C)C)cc1)C(=O)OCC. The summed E-state index contributed by atoms with van der Waals surface area (Å²) in [4.78, 5) is 24.5. The average Bonchev–Trinajstić information content (AvgIpc) is 2.52.